The molecule has 1 aliphatic heterocycles. The maximum Gasteiger partial charge on any atom is 0.573 e. The van der Waals surface area contributed by atoms with Crippen LogP contribution in [0, 0.1) is 5.92 Å². The van der Waals surface area contributed by atoms with E-state index in [0.717, 1.165) is 12.1 Å². The Morgan fingerprint density at radius 3 is 2.70 bits per heavy atom. The molecule has 0 bridgehead atoms. The number of rotatable bonds is 3. The molecule has 2 rings (SSSR count). The molecule has 1 unspecified atom stereocenters. The van der Waals surface area contributed by atoms with E-state index < -0.39 is 12.1 Å². The molecule has 8 heteroatoms. The van der Waals surface area contributed by atoms with Gasteiger partial charge < -0.3 is 14.7 Å². The molecule has 0 aromatic heterocycles. The normalized spacial score (nSPS) is 19.6. The quantitative estimate of drug-likeness (QED) is 0.908. The number of hydrogen-bond donors (Lipinski definition) is 1. The number of hydrogen-bond acceptors (Lipinski definition) is 3. The van der Waals surface area contributed by atoms with Crippen LogP contribution in [0.5, 0.6) is 5.75 Å². The SMILES string of the molecule is O=C1CC(CO)CN1c1cc(OC(F)(F)F)ccc1Br. The van der Waals surface area contributed by atoms with E-state index in [0.29, 0.717) is 10.2 Å². The van der Waals surface area contributed by atoms with E-state index >= 15 is 0 Å². The van der Waals surface area contributed by atoms with Gasteiger partial charge >= 0.3 is 6.36 Å². The minimum absolute atomic E-state index is 0.140. The van der Waals surface area contributed by atoms with Crippen molar-refractivity contribution in [2.24, 2.45) is 5.92 Å². The van der Waals surface area contributed by atoms with Crippen molar-refractivity contribution in [1.29, 1.82) is 0 Å². The van der Waals surface area contributed by atoms with Gasteiger partial charge in [0.15, 0.2) is 0 Å². The topological polar surface area (TPSA) is 49.8 Å². The first-order valence-electron chi connectivity index (χ1n) is 5.76. The highest BCUT2D eigenvalue weighted by Crippen LogP contribution is 2.35. The van der Waals surface area contributed by atoms with Crippen LogP contribution in [0.2, 0.25) is 0 Å². The Bertz CT molecular complexity index is 521. The Balaban J connectivity index is 2.27. The van der Waals surface area contributed by atoms with Gasteiger partial charge in [-0.1, -0.05) is 0 Å². The number of aliphatic hydroxyl groups is 1. The number of aliphatic hydroxyl groups excluding tert-OH is 1. The van der Waals surface area contributed by atoms with Crippen molar-refractivity contribution >= 4 is 27.5 Å². The highest BCUT2D eigenvalue weighted by molar-refractivity contribution is 9.10. The summed E-state index contributed by atoms with van der Waals surface area (Å²) in [6.07, 6.45) is -4.61. The van der Waals surface area contributed by atoms with Crippen molar-refractivity contribution in [1.82, 2.24) is 0 Å². The molecule has 1 aliphatic rings. The number of carbonyl (C=O) groups excluding carboxylic acids is 1. The lowest BCUT2D eigenvalue weighted by molar-refractivity contribution is -0.274. The maximum absolute atomic E-state index is 12.2. The molecule has 1 amide bonds. The molecule has 110 valence electrons. The molecule has 1 saturated heterocycles. The fraction of sp³-hybridized carbons (Fsp3) is 0.417. The minimum atomic E-state index is -4.78. The number of alkyl halides is 3. The molecule has 1 aromatic carbocycles. The smallest absolute Gasteiger partial charge is 0.406 e. The molecule has 1 aromatic rings. The van der Waals surface area contributed by atoms with Gasteiger partial charge in [0, 0.05) is 36.0 Å². The number of ether oxygens (including phenoxy) is 1. The van der Waals surface area contributed by atoms with Crippen LogP contribution in [0.1, 0.15) is 6.42 Å². The molecule has 4 nitrogen and oxygen atoms in total. The maximum atomic E-state index is 12.2. The highest BCUT2D eigenvalue weighted by Gasteiger charge is 2.33. The fourth-order valence-electron chi connectivity index (χ4n) is 2.03. The zero-order valence-electron chi connectivity index (χ0n) is 10.2. The van der Waals surface area contributed by atoms with Crippen molar-refractivity contribution in [3.63, 3.8) is 0 Å². The highest BCUT2D eigenvalue weighted by atomic mass is 79.9. The van der Waals surface area contributed by atoms with Gasteiger partial charge in [0.1, 0.15) is 5.75 Å². The van der Waals surface area contributed by atoms with Gasteiger partial charge in [-0.3, -0.25) is 4.79 Å². The summed E-state index contributed by atoms with van der Waals surface area (Å²) < 4.78 is 40.9. The standard InChI is InChI=1S/C12H11BrF3NO3/c13-9-2-1-8(20-12(14,15)16)4-10(9)17-5-7(6-18)3-11(17)19/h1-2,4,7,18H,3,5-6H2. The van der Waals surface area contributed by atoms with E-state index in [1.165, 1.54) is 11.0 Å². The summed E-state index contributed by atoms with van der Waals surface area (Å²) in [6.45, 7) is 0.127. The van der Waals surface area contributed by atoms with Gasteiger partial charge in [-0.2, -0.15) is 0 Å². The Morgan fingerprint density at radius 2 is 2.15 bits per heavy atom. The first-order chi connectivity index (χ1) is 9.30. The molecule has 1 N–H and O–H groups in total. The summed E-state index contributed by atoms with van der Waals surface area (Å²) in [6, 6.07) is 3.69. The van der Waals surface area contributed by atoms with Crippen molar-refractivity contribution in [3.05, 3.63) is 22.7 Å². The summed E-state index contributed by atoms with van der Waals surface area (Å²) in [5, 5.41) is 9.06. The van der Waals surface area contributed by atoms with E-state index in [1.54, 1.807) is 0 Å². The van der Waals surface area contributed by atoms with Crippen molar-refractivity contribution in [2.75, 3.05) is 18.1 Å². The lowest BCUT2D eigenvalue weighted by Gasteiger charge is -2.19. The molecule has 0 radical (unpaired) electrons. The van der Waals surface area contributed by atoms with Crippen LogP contribution in [0.15, 0.2) is 22.7 Å². The Hall–Kier alpha value is -1.28. The Morgan fingerprint density at radius 1 is 1.45 bits per heavy atom. The largest absolute Gasteiger partial charge is 0.573 e. The third-order valence-corrected chi connectivity index (χ3v) is 3.58. The Labute approximate surface area is 121 Å². The molecule has 20 heavy (non-hydrogen) atoms. The molecular formula is C12H11BrF3NO3. The lowest BCUT2D eigenvalue weighted by Crippen LogP contribution is -2.25. The van der Waals surface area contributed by atoms with Crippen LogP contribution in [-0.4, -0.2) is 30.5 Å². The first kappa shape index (κ1) is 15.1. The zero-order valence-corrected chi connectivity index (χ0v) is 11.7. The number of benzene rings is 1. The molecule has 0 saturated carbocycles. The van der Waals surface area contributed by atoms with E-state index in [1.807, 2.05) is 0 Å². The van der Waals surface area contributed by atoms with E-state index in [-0.39, 0.29) is 31.4 Å². The fourth-order valence-corrected chi connectivity index (χ4v) is 2.49. The van der Waals surface area contributed by atoms with Crippen LogP contribution >= 0.6 is 15.9 Å². The zero-order chi connectivity index (χ0) is 14.9. The van der Waals surface area contributed by atoms with Crippen molar-refractivity contribution in [3.8, 4) is 5.75 Å². The molecule has 0 spiro atoms. The summed E-state index contributed by atoms with van der Waals surface area (Å²) in [5.74, 6) is -0.841. The van der Waals surface area contributed by atoms with Crippen molar-refractivity contribution < 1.29 is 27.8 Å². The van der Waals surface area contributed by atoms with Crippen LogP contribution < -0.4 is 9.64 Å². The summed E-state index contributed by atoms with van der Waals surface area (Å²) in [4.78, 5) is 13.2. The first-order valence-corrected chi connectivity index (χ1v) is 6.56. The summed E-state index contributed by atoms with van der Waals surface area (Å²) in [5.41, 5.74) is 0.299. The summed E-state index contributed by atoms with van der Waals surface area (Å²) >= 11 is 3.20. The Kier molecular flexibility index (Phi) is 4.24. The van der Waals surface area contributed by atoms with Gasteiger partial charge in [-0.15, -0.1) is 13.2 Å². The van der Waals surface area contributed by atoms with Crippen LogP contribution in [0.25, 0.3) is 0 Å². The molecular weight excluding hydrogens is 343 g/mol. The number of amides is 1. The molecule has 0 aliphatic carbocycles. The second kappa shape index (κ2) is 5.61. The lowest BCUT2D eigenvalue weighted by atomic mass is 10.1. The predicted molar refractivity (Wildman–Crippen MR) is 68.4 cm³/mol. The predicted octanol–water partition coefficient (Wildman–Crippen LogP) is 2.69. The van der Waals surface area contributed by atoms with E-state index in [9.17, 15) is 18.0 Å². The number of nitrogens with zero attached hydrogens (tertiary/aromatic N) is 1. The second-order valence-electron chi connectivity index (χ2n) is 4.42. The number of halogens is 4. The average Bonchev–Trinajstić information content (AvgIpc) is 2.71. The van der Waals surface area contributed by atoms with Gasteiger partial charge in [-0.05, 0) is 28.1 Å². The minimum Gasteiger partial charge on any atom is -0.406 e. The molecule has 1 atom stereocenters. The third-order valence-electron chi connectivity index (χ3n) is 2.91. The van der Waals surface area contributed by atoms with Crippen LogP contribution in [0.4, 0.5) is 18.9 Å². The third kappa shape index (κ3) is 3.43. The van der Waals surface area contributed by atoms with Crippen LogP contribution in [-0.2, 0) is 4.79 Å². The van der Waals surface area contributed by atoms with Gasteiger partial charge in [-0.25, -0.2) is 0 Å². The second-order valence-corrected chi connectivity index (χ2v) is 5.27. The molecule has 1 fully saturated rings. The van der Waals surface area contributed by atoms with Gasteiger partial charge in [0.25, 0.3) is 0 Å². The molecule has 1 heterocycles. The van der Waals surface area contributed by atoms with Gasteiger partial charge in [0.2, 0.25) is 5.91 Å². The number of carbonyl (C=O) groups is 1. The monoisotopic (exact) mass is 353 g/mol. The van der Waals surface area contributed by atoms with E-state index in [4.69, 9.17) is 5.11 Å². The summed E-state index contributed by atoms with van der Waals surface area (Å²) in [7, 11) is 0. The number of anilines is 1. The van der Waals surface area contributed by atoms with E-state index in [2.05, 4.69) is 20.7 Å². The van der Waals surface area contributed by atoms with Crippen molar-refractivity contribution in [2.45, 2.75) is 12.8 Å². The van der Waals surface area contributed by atoms with Gasteiger partial charge in [0.05, 0.1) is 5.69 Å². The van der Waals surface area contributed by atoms with Crippen LogP contribution in [0.3, 0.4) is 0 Å². The average molecular weight is 354 g/mol.